The minimum Gasteiger partial charge on any atom is -0.599 e. The zero-order valence-electron chi connectivity index (χ0n) is 19.1. The van der Waals surface area contributed by atoms with Crippen molar-refractivity contribution < 1.29 is 29.3 Å². The van der Waals surface area contributed by atoms with Gasteiger partial charge >= 0.3 is 5.97 Å². The van der Waals surface area contributed by atoms with Crippen molar-refractivity contribution in [3.05, 3.63) is 72.3 Å². The molecule has 0 spiro atoms. The Morgan fingerprint density at radius 2 is 1.76 bits per heavy atom. The molecule has 180 valence electrons. The Hall–Kier alpha value is -3.65. The molecule has 8 nitrogen and oxygen atoms in total. The molecule has 0 fully saturated rings. The summed E-state index contributed by atoms with van der Waals surface area (Å²) in [6.45, 7) is 4.98. The monoisotopic (exact) mass is 465 g/mol. The van der Waals surface area contributed by atoms with E-state index in [4.69, 9.17) is 9.47 Å². The molecule has 0 saturated heterocycles. The lowest BCUT2D eigenvalue weighted by molar-refractivity contribution is -0.251. The molecule has 2 N–H and O–H groups in total. The molecule has 8 heteroatoms. The molecule has 1 aliphatic rings. The predicted octanol–water partition coefficient (Wildman–Crippen LogP) is 1.91. The summed E-state index contributed by atoms with van der Waals surface area (Å²) in [4.78, 5) is 27.7. The number of hydrogen-bond donors (Lipinski definition) is 2. The standard InChI is InChI=1S/C26H30N2O6/c1-3-9-22(24(30)25(31)27-15-23(29)33-14-4-2)28-26(32)34-16-21-19-12-7-5-10-17(19)18-11-6-8-13-20(18)21/h4-8,10-13,21-22,24,30H,2-3,9,14-16H2,1H3,(H,27,31)(H,28,32)/p-1/t22-,24?/m0/s1. The Morgan fingerprint density at radius 3 is 2.35 bits per heavy atom. The maximum absolute atomic E-state index is 12.5. The highest BCUT2D eigenvalue weighted by atomic mass is 16.6. The van der Waals surface area contributed by atoms with E-state index in [1.54, 1.807) is 0 Å². The van der Waals surface area contributed by atoms with Gasteiger partial charge in [0, 0.05) is 12.5 Å². The molecule has 1 unspecified atom stereocenters. The highest BCUT2D eigenvalue weighted by molar-refractivity contribution is 5.85. The van der Waals surface area contributed by atoms with Crippen LogP contribution in [0.15, 0.2) is 66.2 Å². The number of nitrogens with one attached hydrogen (secondary N) is 1. The number of aliphatic hydroxyl groups is 1. The van der Waals surface area contributed by atoms with Crippen molar-refractivity contribution in [3.63, 3.8) is 0 Å². The van der Waals surface area contributed by atoms with Crippen molar-refractivity contribution in [3.8, 4) is 11.1 Å². The Bertz CT molecular complexity index is 1010. The summed E-state index contributed by atoms with van der Waals surface area (Å²) in [5.41, 5.74) is 4.37. The van der Waals surface area contributed by atoms with Gasteiger partial charge in [0.25, 0.3) is 5.91 Å². The molecular weight excluding hydrogens is 436 g/mol. The van der Waals surface area contributed by atoms with E-state index in [9.17, 15) is 19.8 Å². The van der Waals surface area contributed by atoms with Crippen LogP contribution in [0.2, 0.25) is 0 Å². The largest absolute Gasteiger partial charge is 0.599 e. The quantitative estimate of drug-likeness (QED) is 0.226. The first-order chi connectivity index (χ1) is 16.5. The van der Waals surface area contributed by atoms with E-state index in [0.717, 1.165) is 22.3 Å². The van der Waals surface area contributed by atoms with Gasteiger partial charge in [-0.15, -0.1) is 0 Å². The van der Waals surface area contributed by atoms with Gasteiger partial charge in [0.05, 0.1) is 6.04 Å². The zero-order chi connectivity index (χ0) is 24.5. The molecule has 1 aliphatic carbocycles. The van der Waals surface area contributed by atoms with Crippen LogP contribution in [-0.4, -0.2) is 55.0 Å². The summed E-state index contributed by atoms with van der Waals surface area (Å²) >= 11 is 0. The molecule has 0 saturated carbocycles. The maximum atomic E-state index is 12.5. The van der Waals surface area contributed by atoms with Gasteiger partial charge in [-0.25, -0.2) is 0 Å². The first kappa shape index (κ1) is 25.0. The molecule has 0 heterocycles. The lowest BCUT2D eigenvalue weighted by Crippen LogP contribution is -2.44. The number of carbonyl (C=O) groups excluding carboxylic acids is 2. The molecule has 0 radical (unpaired) electrons. The third-order valence-electron chi connectivity index (χ3n) is 5.59. The lowest BCUT2D eigenvalue weighted by atomic mass is 9.98. The molecule has 0 aliphatic heterocycles. The highest BCUT2D eigenvalue weighted by Crippen LogP contribution is 2.44. The van der Waals surface area contributed by atoms with Crippen LogP contribution in [0.3, 0.4) is 0 Å². The van der Waals surface area contributed by atoms with Crippen molar-refractivity contribution >= 4 is 18.0 Å². The first-order valence-corrected chi connectivity index (χ1v) is 11.2. The van der Waals surface area contributed by atoms with Gasteiger partial charge in [0.2, 0.25) is 0 Å². The molecular formula is C26H29N2O6-. The maximum Gasteiger partial charge on any atom is 0.325 e. The molecule has 2 aromatic rings. The zero-order valence-corrected chi connectivity index (χ0v) is 19.1. The van der Waals surface area contributed by atoms with Crippen LogP contribution in [0.1, 0.15) is 36.8 Å². The highest BCUT2D eigenvalue weighted by Gasteiger charge is 2.28. The van der Waals surface area contributed by atoms with Crippen molar-refractivity contribution in [2.45, 2.75) is 37.8 Å². The van der Waals surface area contributed by atoms with Gasteiger partial charge in [-0.3, -0.25) is 14.6 Å². The van der Waals surface area contributed by atoms with Gasteiger partial charge in [-0.2, -0.15) is 0 Å². The Kier molecular flexibility index (Phi) is 8.81. The summed E-state index contributed by atoms with van der Waals surface area (Å²) in [5, 5.41) is 25.2. The minimum absolute atomic E-state index is 0.0207. The molecule has 3 rings (SSSR count). The minimum atomic E-state index is -1.60. The van der Waals surface area contributed by atoms with Crippen molar-refractivity contribution in [2.75, 3.05) is 19.8 Å². The van der Waals surface area contributed by atoms with Crippen molar-refractivity contribution in [1.82, 2.24) is 5.32 Å². The number of esters is 1. The van der Waals surface area contributed by atoms with Gasteiger partial charge in [0.15, 0.2) is 6.10 Å². The number of carbonyl (C=O) groups is 2. The first-order valence-electron chi connectivity index (χ1n) is 11.2. The normalized spacial score (nSPS) is 14.5. The van der Waals surface area contributed by atoms with Crippen LogP contribution in [0.25, 0.3) is 11.1 Å². The third kappa shape index (κ3) is 6.02. The Morgan fingerprint density at radius 1 is 1.15 bits per heavy atom. The Balaban J connectivity index is 1.64. The molecule has 0 bridgehead atoms. The van der Waals surface area contributed by atoms with Crippen LogP contribution in [-0.2, 0) is 19.1 Å². The molecule has 2 atom stereocenters. The number of nitrogens with zero attached hydrogens (tertiary/aromatic N) is 1. The fourth-order valence-electron chi connectivity index (χ4n) is 4.00. The molecule has 0 aromatic heterocycles. The van der Waals surface area contributed by atoms with Crippen LogP contribution in [0, 0.1) is 0 Å². The third-order valence-corrected chi connectivity index (χ3v) is 5.59. The fraction of sp³-hybridized carbons (Fsp3) is 0.346. The SMILES string of the molecule is C=CCOC(=O)CNC(=O)C(O)[C@H](CCC)N=C([O-])OCC1c2ccccc2-c2ccccc21. The average molecular weight is 466 g/mol. The number of amides is 1. The molecule has 1 amide bonds. The van der Waals surface area contributed by atoms with Crippen LogP contribution < -0.4 is 10.4 Å². The van der Waals surface area contributed by atoms with Gasteiger partial charge in [-0.1, -0.05) is 74.5 Å². The van der Waals surface area contributed by atoms with Crippen LogP contribution in [0.4, 0.5) is 0 Å². The number of ether oxygens (including phenoxy) is 2. The van der Waals surface area contributed by atoms with E-state index < -0.39 is 36.7 Å². The van der Waals surface area contributed by atoms with Gasteiger partial charge < -0.3 is 25.0 Å². The fourth-order valence-corrected chi connectivity index (χ4v) is 4.00. The summed E-state index contributed by atoms with van der Waals surface area (Å²) < 4.78 is 10.2. The van der Waals surface area contributed by atoms with Gasteiger partial charge in [0.1, 0.15) is 19.2 Å². The van der Waals surface area contributed by atoms with Gasteiger partial charge in [-0.05, 0) is 28.7 Å². The number of benzene rings is 2. The topological polar surface area (TPSA) is 120 Å². The van der Waals surface area contributed by atoms with Crippen LogP contribution in [0.5, 0.6) is 0 Å². The van der Waals surface area contributed by atoms with E-state index >= 15 is 0 Å². The number of aliphatic imine (C=N–C) groups is 1. The lowest BCUT2D eigenvalue weighted by Gasteiger charge is -2.24. The second kappa shape index (κ2) is 12.0. The predicted molar refractivity (Wildman–Crippen MR) is 126 cm³/mol. The number of rotatable bonds is 11. The van der Waals surface area contributed by atoms with E-state index in [1.165, 1.54) is 6.08 Å². The van der Waals surface area contributed by atoms with E-state index in [0.29, 0.717) is 12.8 Å². The number of fused-ring (bicyclic) bond motifs is 3. The van der Waals surface area contributed by atoms with E-state index in [2.05, 4.69) is 16.9 Å². The molecule has 2 aromatic carbocycles. The van der Waals surface area contributed by atoms with E-state index in [-0.39, 0.29) is 19.1 Å². The van der Waals surface area contributed by atoms with Crippen molar-refractivity contribution in [1.29, 1.82) is 0 Å². The second-order valence-electron chi connectivity index (χ2n) is 7.92. The van der Waals surface area contributed by atoms with Crippen LogP contribution >= 0.6 is 0 Å². The summed E-state index contributed by atoms with van der Waals surface area (Å²) in [5.74, 6) is -1.60. The molecule has 34 heavy (non-hydrogen) atoms. The van der Waals surface area contributed by atoms with Crippen molar-refractivity contribution in [2.24, 2.45) is 4.99 Å². The number of aliphatic hydroxyl groups excluding tert-OH is 1. The second-order valence-corrected chi connectivity index (χ2v) is 7.92. The van der Waals surface area contributed by atoms with E-state index in [1.807, 2.05) is 55.5 Å². The Labute approximate surface area is 198 Å². The summed E-state index contributed by atoms with van der Waals surface area (Å²) in [6, 6.07) is 15.0. The summed E-state index contributed by atoms with van der Waals surface area (Å²) in [7, 11) is 0. The smallest absolute Gasteiger partial charge is 0.325 e. The number of hydrogen-bond acceptors (Lipinski definition) is 7. The summed E-state index contributed by atoms with van der Waals surface area (Å²) in [6.07, 6.45) is -0.180. The average Bonchev–Trinajstić information content (AvgIpc) is 3.17.